The van der Waals surface area contributed by atoms with Gasteiger partial charge in [0, 0.05) is 32.2 Å². The van der Waals surface area contributed by atoms with Gasteiger partial charge in [0.15, 0.2) is 0 Å². The van der Waals surface area contributed by atoms with E-state index in [-0.39, 0.29) is 5.97 Å². The van der Waals surface area contributed by atoms with Gasteiger partial charge >= 0.3 is 5.97 Å². The van der Waals surface area contributed by atoms with Crippen molar-refractivity contribution in [3.8, 4) is 0 Å². The Morgan fingerprint density at radius 1 is 1.32 bits per heavy atom. The van der Waals surface area contributed by atoms with Crippen LogP contribution >= 0.6 is 0 Å². The van der Waals surface area contributed by atoms with Gasteiger partial charge in [0.2, 0.25) is 0 Å². The predicted octanol–water partition coefficient (Wildman–Crippen LogP) is 2.44. The largest absolute Gasteiger partial charge is 0.469 e. The molecule has 0 saturated carbocycles. The van der Waals surface area contributed by atoms with E-state index < -0.39 is 0 Å². The van der Waals surface area contributed by atoms with E-state index in [4.69, 9.17) is 4.74 Å². The predicted molar refractivity (Wildman–Crippen MR) is 88.5 cm³/mol. The first-order chi connectivity index (χ1) is 10.7. The summed E-state index contributed by atoms with van der Waals surface area (Å²) in [5.74, 6) is 0.590. The lowest BCUT2D eigenvalue weighted by molar-refractivity contribution is -0.141. The van der Waals surface area contributed by atoms with Gasteiger partial charge in [-0.15, -0.1) is 0 Å². The van der Waals surface area contributed by atoms with Crippen LogP contribution in [-0.2, 0) is 16.1 Å². The highest BCUT2D eigenvalue weighted by Gasteiger charge is 2.26. The Balaban J connectivity index is 1.83. The van der Waals surface area contributed by atoms with Crippen molar-refractivity contribution in [3.63, 3.8) is 0 Å². The molecule has 1 aromatic carbocycles. The summed E-state index contributed by atoms with van der Waals surface area (Å²) in [5, 5.41) is 3.68. The minimum absolute atomic E-state index is 0.118. The topological polar surface area (TPSA) is 41.6 Å². The Morgan fingerprint density at radius 3 is 2.77 bits per heavy atom. The molecule has 1 saturated heterocycles. The summed E-state index contributed by atoms with van der Waals surface area (Å²) in [7, 11) is 1.46. The Hall–Kier alpha value is -1.39. The first-order valence-corrected chi connectivity index (χ1v) is 8.27. The van der Waals surface area contributed by atoms with Crippen LogP contribution in [0.1, 0.15) is 31.7 Å². The molecular weight excluding hydrogens is 276 g/mol. The van der Waals surface area contributed by atoms with Gasteiger partial charge in [-0.05, 0) is 17.9 Å². The minimum atomic E-state index is -0.118. The van der Waals surface area contributed by atoms with Crippen molar-refractivity contribution in [3.05, 3.63) is 35.9 Å². The third-order valence-corrected chi connectivity index (χ3v) is 4.49. The van der Waals surface area contributed by atoms with Crippen molar-refractivity contribution in [2.75, 3.05) is 26.7 Å². The molecule has 1 fully saturated rings. The lowest BCUT2D eigenvalue weighted by Gasteiger charge is -2.38. The summed E-state index contributed by atoms with van der Waals surface area (Å²) < 4.78 is 4.75. The number of esters is 1. The average Bonchev–Trinajstić information content (AvgIpc) is 2.58. The number of nitrogens with one attached hydrogen (secondary N) is 1. The third kappa shape index (κ3) is 5.43. The van der Waals surface area contributed by atoms with E-state index in [9.17, 15) is 4.79 Å². The van der Waals surface area contributed by atoms with Crippen molar-refractivity contribution >= 4 is 5.97 Å². The molecule has 1 N–H and O–H groups in total. The molecule has 122 valence electrons. The summed E-state index contributed by atoms with van der Waals surface area (Å²) in [5.41, 5.74) is 1.32. The molecule has 2 atom stereocenters. The smallest absolute Gasteiger partial charge is 0.306 e. The number of carbonyl (C=O) groups excluding carboxylic acids is 1. The van der Waals surface area contributed by atoms with Crippen LogP contribution in [-0.4, -0.2) is 43.7 Å². The third-order valence-electron chi connectivity index (χ3n) is 4.49. The van der Waals surface area contributed by atoms with E-state index in [1.54, 1.807) is 0 Å². The van der Waals surface area contributed by atoms with E-state index >= 15 is 0 Å². The fourth-order valence-electron chi connectivity index (χ4n) is 3.14. The van der Waals surface area contributed by atoms with Gasteiger partial charge in [-0.1, -0.05) is 43.7 Å². The number of likely N-dealkylation sites (tertiary alicyclic amines) is 1. The van der Waals surface area contributed by atoms with Crippen LogP contribution in [0, 0.1) is 5.92 Å². The van der Waals surface area contributed by atoms with Crippen LogP contribution in [0.15, 0.2) is 30.3 Å². The molecular formula is C18H28N2O2. The molecule has 1 aliphatic heterocycles. The molecule has 0 amide bonds. The number of ether oxygens (including phenoxy) is 1. The summed E-state index contributed by atoms with van der Waals surface area (Å²) in [4.78, 5) is 13.7. The molecule has 2 rings (SSSR count). The number of hydrogen-bond donors (Lipinski definition) is 1. The van der Waals surface area contributed by atoms with Gasteiger partial charge in [-0.25, -0.2) is 0 Å². The number of nitrogens with zero attached hydrogens (tertiary/aromatic N) is 1. The monoisotopic (exact) mass is 304 g/mol. The summed E-state index contributed by atoms with van der Waals surface area (Å²) >= 11 is 0. The number of rotatable bonds is 7. The van der Waals surface area contributed by atoms with Crippen LogP contribution in [0.3, 0.4) is 0 Å². The number of piperidine rings is 1. The zero-order valence-electron chi connectivity index (χ0n) is 13.8. The molecule has 0 aliphatic carbocycles. The molecule has 2 unspecified atom stereocenters. The fourth-order valence-corrected chi connectivity index (χ4v) is 3.14. The zero-order valence-corrected chi connectivity index (χ0v) is 13.8. The Morgan fingerprint density at radius 2 is 2.09 bits per heavy atom. The first-order valence-electron chi connectivity index (χ1n) is 8.27. The van der Waals surface area contributed by atoms with E-state index in [1.165, 1.54) is 25.5 Å². The lowest BCUT2D eigenvalue weighted by atomic mass is 9.92. The number of benzene rings is 1. The molecule has 0 bridgehead atoms. The van der Waals surface area contributed by atoms with E-state index in [1.807, 2.05) is 6.07 Å². The highest BCUT2D eigenvalue weighted by molar-refractivity contribution is 5.69. The molecule has 0 spiro atoms. The second kappa shape index (κ2) is 8.91. The Bertz CT molecular complexity index is 450. The van der Waals surface area contributed by atoms with E-state index in [0.717, 1.165) is 26.2 Å². The maximum atomic E-state index is 11.3. The number of methoxy groups -OCH3 is 1. The van der Waals surface area contributed by atoms with Crippen LogP contribution in [0.4, 0.5) is 0 Å². The SMILES string of the molecule is CCC1CC(NCc2ccccc2)CN(CCC(=O)OC)C1. The van der Waals surface area contributed by atoms with Crippen molar-refractivity contribution in [1.82, 2.24) is 10.2 Å². The van der Waals surface area contributed by atoms with Gasteiger partial charge in [0.05, 0.1) is 13.5 Å². The average molecular weight is 304 g/mol. The Kier molecular flexibility index (Phi) is 6.87. The molecule has 4 heteroatoms. The highest BCUT2D eigenvalue weighted by Crippen LogP contribution is 2.20. The van der Waals surface area contributed by atoms with Crippen LogP contribution in [0.25, 0.3) is 0 Å². The molecule has 1 heterocycles. The fraction of sp³-hybridized carbons (Fsp3) is 0.611. The summed E-state index contributed by atoms with van der Waals surface area (Å²) in [6.45, 7) is 6.07. The van der Waals surface area contributed by atoms with Crippen LogP contribution < -0.4 is 5.32 Å². The minimum Gasteiger partial charge on any atom is -0.469 e. The van der Waals surface area contributed by atoms with Crippen LogP contribution in [0.2, 0.25) is 0 Å². The summed E-state index contributed by atoms with van der Waals surface area (Å²) in [6, 6.07) is 11.0. The van der Waals surface area contributed by atoms with E-state index in [0.29, 0.717) is 18.4 Å². The van der Waals surface area contributed by atoms with Crippen molar-refractivity contribution in [1.29, 1.82) is 0 Å². The maximum Gasteiger partial charge on any atom is 0.306 e. The maximum absolute atomic E-state index is 11.3. The van der Waals surface area contributed by atoms with Crippen molar-refractivity contribution in [2.45, 2.75) is 38.8 Å². The first kappa shape index (κ1) is 17.0. The second-order valence-electron chi connectivity index (χ2n) is 6.16. The van der Waals surface area contributed by atoms with E-state index in [2.05, 4.69) is 41.4 Å². The van der Waals surface area contributed by atoms with Gasteiger partial charge < -0.3 is 15.0 Å². The van der Waals surface area contributed by atoms with Gasteiger partial charge in [-0.2, -0.15) is 0 Å². The quantitative estimate of drug-likeness (QED) is 0.786. The lowest BCUT2D eigenvalue weighted by Crippen LogP contribution is -2.49. The molecule has 0 radical (unpaired) electrons. The molecule has 4 nitrogen and oxygen atoms in total. The van der Waals surface area contributed by atoms with Gasteiger partial charge in [-0.3, -0.25) is 4.79 Å². The second-order valence-corrected chi connectivity index (χ2v) is 6.16. The molecule has 0 aromatic heterocycles. The standard InChI is InChI=1S/C18H28N2O2/c1-3-15-11-17(19-12-16-7-5-4-6-8-16)14-20(13-15)10-9-18(21)22-2/h4-8,15,17,19H,3,9-14H2,1-2H3. The Labute approximate surface area is 133 Å². The normalized spacial score (nSPS) is 22.5. The van der Waals surface area contributed by atoms with Gasteiger partial charge in [0.25, 0.3) is 0 Å². The number of carbonyl (C=O) groups is 1. The highest BCUT2D eigenvalue weighted by atomic mass is 16.5. The summed E-state index contributed by atoms with van der Waals surface area (Å²) in [6.07, 6.45) is 2.90. The van der Waals surface area contributed by atoms with Crippen molar-refractivity contribution < 1.29 is 9.53 Å². The molecule has 22 heavy (non-hydrogen) atoms. The zero-order chi connectivity index (χ0) is 15.8. The van der Waals surface area contributed by atoms with Crippen molar-refractivity contribution in [2.24, 2.45) is 5.92 Å². The number of hydrogen-bond acceptors (Lipinski definition) is 4. The van der Waals surface area contributed by atoms with Gasteiger partial charge in [0.1, 0.15) is 0 Å². The van der Waals surface area contributed by atoms with Crippen LogP contribution in [0.5, 0.6) is 0 Å². The molecule has 1 aromatic rings. The molecule has 1 aliphatic rings.